The molecule has 4 rings (SSSR count). The Kier molecular flexibility index (Phi) is 3.05. The van der Waals surface area contributed by atoms with Crippen LogP contribution in [0.25, 0.3) is 11.1 Å². The summed E-state index contributed by atoms with van der Waals surface area (Å²) < 4.78 is 58.0. The molecule has 122 valence electrons. The number of hydrogen-bond donors (Lipinski definition) is 0. The van der Waals surface area contributed by atoms with Crippen LogP contribution in [0.3, 0.4) is 0 Å². The van der Waals surface area contributed by atoms with E-state index in [1.54, 1.807) is 0 Å². The Morgan fingerprint density at radius 2 is 1.08 bits per heavy atom. The molecule has 0 fully saturated rings. The molecule has 0 aromatic carbocycles. The molecule has 0 aliphatic heterocycles. The van der Waals surface area contributed by atoms with Crippen LogP contribution in [0, 0.1) is 0 Å². The molecule has 0 unspecified atom stereocenters. The van der Waals surface area contributed by atoms with Crippen molar-refractivity contribution in [2.75, 3.05) is 0 Å². The summed E-state index contributed by atoms with van der Waals surface area (Å²) in [4.78, 5) is 24.3. The van der Waals surface area contributed by atoms with Gasteiger partial charge in [-0.2, -0.15) is 17.6 Å². The molecule has 0 N–H and O–H groups in total. The second-order valence-corrected chi connectivity index (χ2v) is 7.16. The molecule has 24 heavy (non-hydrogen) atoms. The Morgan fingerprint density at radius 3 is 1.38 bits per heavy atom. The maximum atomic E-state index is 14.5. The van der Waals surface area contributed by atoms with Gasteiger partial charge in [0.05, 0.1) is 11.1 Å². The average Bonchev–Trinajstić information content (AvgIpc) is 3.25. The fourth-order valence-electron chi connectivity index (χ4n) is 2.96. The molecular formula is C16H6F4O2S2. The fourth-order valence-corrected chi connectivity index (χ4v) is 4.57. The molecule has 0 radical (unpaired) electrons. The lowest BCUT2D eigenvalue weighted by molar-refractivity contribution is -0.130. The lowest BCUT2D eigenvalue weighted by atomic mass is 10.0. The predicted octanol–water partition coefficient (Wildman–Crippen LogP) is 4.45. The van der Waals surface area contributed by atoms with E-state index in [9.17, 15) is 27.2 Å². The van der Waals surface area contributed by atoms with Crippen LogP contribution in [0.15, 0.2) is 46.2 Å². The summed E-state index contributed by atoms with van der Waals surface area (Å²) in [6.45, 7) is 0. The number of ketones is 2. The van der Waals surface area contributed by atoms with Gasteiger partial charge in [-0.25, -0.2) is 0 Å². The SMILES string of the molecule is O=C1C2=C(c3cccs3)C(F)(F)C(=O)C2=C(c2cccs2)C1(F)F. The van der Waals surface area contributed by atoms with Crippen molar-refractivity contribution >= 4 is 45.4 Å². The molecular weight excluding hydrogens is 364 g/mol. The minimum absolute atomic E-state index is 0.0603. The van der Waals surface area contributed by atoms with Crippen LogP contribution in [-0.2, 0) is 9.59 Å². The van der Waals surface area contributed by atoms with Crippen molar-refractivity contribution in [1.29, 1.82) is 0 Å². The second kappa shape index (κ2) is 4.73. The van der Waals surface area contributed by atoms with Gasteiger partial charge in [-0.3, -0.25) is 9.59 Å². The van der Waals surface area contributed by atoms with Gasteiger partial charge >= 0.3 is 11.8 Å². The van der Waals surface area contributed by atoms with Gasteiger partial charge in [0.15, 0.2) is 0 Å². The van der Waals surface area contributed by atoms with Gasteiger partial charge in [-0.15, -0.1) is 22.7 Å². The van der Waals surface area contributed by atoms with Crippen molar-refractivity contribution in [1.82, 2.24) is 0 Å². The monoisotopic (exact) mass is 370 g/mol. The van der Waals surface area contributed by atoms with E-state index in [1.807, 2.05) is 0 Å². The van der Waals surface area contributed by atoms with Gasteiger partial charge < -0.3 is 0 Å². The average molecular weight is 370 g/mol. The number of carbonyl (C=O) groups excluding carboxylic acids is 2. The van der Waals surface area contributed by atoms with E-state index in [2.05, 4.69) is 0 Å². The largest absolute Gasteiger partial charge is 0.337 e. The second-order valence-electron chi connectivity index (χ2n) is 5.26. The molecule has 2 aromatic heterocycles. The maximum absolute atomic E-state index is 14.5. The highest BCUT2D eigenvalue weighted by molar-refractivity contribution is 7.11. The minimum atomic E-state index is -4.00. The molecule has 8 heteroatoms. The smallest absolute Gasteiger partial charge is 0.287 e. The molecule has 0 saturated carbocycles. The standard InChI is InChI=1S/C16H6F4O2S2/c17-15(18)11(7-3-1-5-23-7)9-10(14(15)22)12(8-4-2-6-24-8)16(19,20)13(9)21/h1-6H. The first-order valence-corrected chi connectivity index (χ1v) is 8.46. The number of halogens is 4. The Bertz CT molecular complexity index is 857. The van der Waals surface area contributed by atoms with E-state index in [4.69, 9.17) is 0 Å². The molecule has 0 spiro atoms. The van der Waals surface area contributed by atoms with Crippen LogP contribution in [0.2, 0.25) is 0 Å². The molecule has 2 aromatic rings. The first kappa shape index (κ1) is 15.5. The Balaban J connectivity index is 2.11. The van der Waals surface area contributed by atoms with E-state index in [1.165, 1.54) is 35.0 Å². The molecule has 0 atom stereocenters. The number of thiophene rings is 2. The van der Waals surface area contributed by atoms with Crippen LogP contribution in [0.5, 0.6) is 0 Å². The number of carbonyl (C=O) groups is 2. The Morgan fingerprint density at radius 1 is 0.708 bits per heavy atom. The third-order valence-corrected chi connectivity index (χ3v) is 5.71. The minimum Gasteiger partial charge on any atom is -0.287 e. The van der Waals surface area contributed by atoms with Crippen molar-refractivity contribution in [2.24, 2.45) is 0 Å². The van der Waals surface area contributed by atoms with Crippen molar-refractivity contribution in [3.05, 3.63) is 55.9 Å². The van der Waals surface area contributed by atoms with E-state index in [0.717, 1.165) is 22.7 Å². The topological polar surface area (TPSA) is 34.1 Å². The molecule has 0 saturated heterocycles. The lowest BCUT2D eigenvalue weighted by Gasteiger charge is -2.16. The van der Waals surface area contributed by atoms with Gasteiger partial charge in [-0.05, 0) is 22.9 Å². The van der Waals surface area contributed by atoms with E-state index < -0.39 is 45.7 Å². The number of hydrogen-bond acceptors (Lipinski definition) is 4. The molecule has 2 aliphatic carbocycles. The number of Topliss-reactive ketones (excluding diaryl/α,β-unsaturated/α-hetero) is 2. The lowest BCUT2D eigenvalue weighted by Crippen LogP contribution is -2.30. The van der Waals surface area contributed by atoms with Gasteiger partial charge in [0.2, 0.25) is 11.6 Å². The summed E-state index contributed by atoms with van der Waals surface area (Å²) in [5.74, 6) is -11.5. The number of allylic oxidation sites excluding steroid dienone is 4. The zero-order valence-electron chi connectivity index (χ0n) is 11.6. The molecule has 2 nitrogen and oxygen atoms in total. The number of fused-ring (bicyclic) bond motifs is 1. The van der Waals surface area contributed by atoms with Crippen molar-refractivity contribution in [3.8, 4) is 0 Å². The highest BCUT2D eigenvalue weighted by Crippen LogP contribution is 2.57. The number of rotatable bonds is 2. The van der Waals surface area contributed by atoms with Crippen LogP contribution >= 0.6 is 22.7 Å². The van der Waals surface area contributed by atoms with Crippen LogP contribution in [0.1, 0.15) is 9.75 Å². The molecule has 2 aliphatic rings. The van der Waals surface area contributed by atoms with Gasteiger partial charge in [0.1, 0.15) is 0 Å². The summed E-state index contributed by atoms with van der Waals surface area (Å²) in [7, 11) is 0. The van der Waals surface area contributed by atoms with Gasteiger partial charge in [0.25, 0.3) is 0 Å². The first-order valence-electron chi connectivity index (χ1n) is 6.70. The Hall–Kier alpha value is -2.06. The molecule has 0 amide bonds. The van der Waals surface area contributed by atoms with E-state index >= 15 is 0 Å². The van der Waals surface area contributed by atoms with Crippen LogP contribution < -0.4 is 0 Å². The third-order valence-electron chi connectivity index (χ3n) is 3.94. The predicted molar refractivity (Wildman–Crippen MR) is 82.4 cm³/mol. The maximum Gasteiger partial charge on any atom is 0.337 e. The van der Waals surface area contributed by atoms with Gasteiger partial charge in [-0.1, -0.05) is 12.1 Å². The van der Waals surface area contributed by atoms with Crippen LogP contribution in [-0.4, -0.2) is 23.4 Å². The number of alkyl halides is 4. The van der Waals surface area contributed by atoms with Crippen molar-refractivity contribution in [3.63, 3.8) is 0 Å². The van der Waals surface area contributed by atoms with Gasteiger partial charge in [0, 0.05) is 20.9 Å². The van der Waals surface area contributed by atoms with E-state index in [-0.39, 0.29) is 9.75 Å². The third kappa shape index (κ3) is 1.75. The summed E-state index contributed by atoms with van der Waals surface area (Å²) in [5, 5.41) is 2.95. The summed E-state index contributed by atoms with van der Waals surface area (Å²) in [6, 6.07) is 5.47. The van der Waals surface area contributed by atoms with E-state index in [0.29, 0.717) is 0 Å². The summed E-state index contributed by atoms with van der Waals surface area (Å²) in [6.07, 6.45) is 0. The molecule has 2 heterocycles. The van der Waals surface area contributed by atoms with Crippen LogP contribution in [0.4, 0.5) is 17.6 Å². The zero-order chi connectivity index (χ0) is 17.3. The van der Waals surface area contributed by atoms with Crippen molar-refractivity contribution < 1.29 is 27.2 Å². The van der Waals surface area contributed by atoms with Crippen molar-refractivity contribution in [2.45, 2.75) is 11.8 Å². The quantitative estimate of drug-likeness (QED) is 0.732. The zero-order valence-corrected chi connectivity index (χ0v) is 13.2. The highest BCUT2D eigenvalue weighted by Gasteiger charge is 2.65. The summed E-state index contributed by atoms with van der Waals surface area (Å²) >= 11 is 1.73. The highest BCUT2D eigenvalue weighted by atomic mass is 32.1. The summed E-state index contributed by atoms with van der Waals surface area (Å²) in [5.41, 5.74) is -3.51. The first-order chi connectivity index (χ1) is 11.3. The fraction of sp³-hybridized carbons (Fsp3) is 0.125. The Labute approximate surface area is 140 Å². The normalized spacial score (nSPS) is 21.8. The molecule has 0 bridgehead atoms.